The van der Waals surface area contributed by atoms with E-state index in [-0.39, 0.29) is 0 Å². The smallest absolute Gasteiger partial charge is 0.412 e. The Morgan fingerprint density at radius 1 is 1.27 bits per heavy atom. The quantitative estimate of drug-likeness (QED) is 0.858. The van der Waals surface area contributed by atoms with Gasteiger partial charge in [-0.3, -0.25) is 5.32 Å². The second kappa shape index (κ2) is 7.29. The van der Waals surface area contributed by atoms with Gasteiger partial charge in [-0.1, -0.05) is 0 Å². The Labute approximate surface area is 129 Å². The monoisotopic (exact) mass is 316 g/mol. The summed E-state index contributed by atoms with van der Waals surface area (Å²) >= 11 is 0. The lowest BCUT2D eigenvalue weighted by atomic mass is 10.2. The van der Waals surface area contributed by atoms with Gasteiger partial charge in [0, 0.05) is 5.69 Å². The van der Waals surface area contributed by atoms with Crippen LogP contribution in [0.15, 0.2) is 18.2 Å². The molecule has 2 N–H and O–H groups in total. The number of halogens is 2. The van der Waals surface area contributed by atoms with Crippen molar-refractivity contribution in [2.75, 3.05) is 17.7 Å². The fraction of sp³-hybridized carbons (Fsp3) is 0.533. The molecule has 7 heteroatoms. The van der Waals surface area contributed by atoms with Gasteiger partial charge >= 0.3 is 6.09 Å². The Kier molecular flexibility index (Phi) is 5.96. The zero-order chi connectivity index (χ0) is 16.9. The molecule has 0 aromatic heterocycles. The maximum absolute atomic E-state index is 12.6. The molecule has 0 saturated carbocycles. The van der Waals surface area contributed by atoms with Crippen LogP contribution >= 0.6 is 0 Å². The standard InChI is InChI=1S/C15H22F2N2O3/c1-9(13(16)17)18-10-6-7-12(21-5)11(8-10)19-14(20)22-15(2,3)4/h6-9,13,18H,1-5H3,(H,19,20). The van der Waals surface area contributed by atoms with Crippen LogP contribution < -0.4 is 15.4 Å². The maximum atomic E-state index is 12.6. The third kappa shape index (κ3) is 5.75. The first-order valence-corrected chi connectivity index (χ1v) is 6.85. The van der Waals surface area contributed by atoms with Gasteiger partial charge in [0.15, 0.2) is 0 Å². The average Bonchev–Trinajstić information content (AvgIpc) is 2.36. The molecule has 5 nitrogen and oxygen atoms in total. The van der Waals surface area contributed by atoms with Gasteiger partial charge in [0.05, 0.1) is 18.8 Å². The van der Waals surface area contributed by atoms with E-state index in [1.807, 2.05) is 0 Å². The molecule has 124 valence electrons. The fourth-order valence-electron chi connectivity index (χ4n) is 1.63. The van der Waals surface area contributed by atoms with Crippen molar-refractivity contribution >= 4 is 17.5 Å². The van der Waals surface area contributed by atoms with E-state index in [4.69, 9.17) is 9.47 Å². The van der Waals surface area contributed by atoms with Gasteiger partial charge in [0.2, 0.25) is 0 Å². The number of alkyl halides is 2. The van der Waals surface area contributed by atoms with E-state index < -0.39 is 24.2 Å². The van der Waals surface area contributed by atoms with Crippen LogP contribution in [0, 0.1) is 0 Å². The van der Waals surface area contributed by atoms with Gasteiger partial charge in [0.1, 0.15) is 11.4 Å². The first kappa shape index (κ1) is 18.0. The van der Waals surface area contributed by atoms with E-state index in [0.29, 0.717) is 17.1 Å². The van der Waals surface area contributed by atoms with Crippen LogP contribution in [0.25, 0.3) is 0 Å². The van der Waals surface area contributed by atoms with Gasteiger partial charge in [0.25, 0.3) is 6.43 Å². The summed E-state index contributed by atoms with van der Waals surface area (Å²) < 4.78 is 35.4. The van der Waals surface area contributed by atoms with E-state index >= 15 is 0 Å². The van der Waals surface area contributed by atoms with Crippen molar-refractivity contribution in [1.29, 1.82) is 0 Å². The summed E-state index contributed by atoms with van der Waals surface area (Å²) in [5.74, 6) is 0.404. The Morgan fingerprint density at radius 2 is 1.91 bits per heavy atom. The number of nitrogens with one attached hydrogen (secondary N) is 2. The van der Waals surface area contributed by atoms with E-state index in [9.17, 15) is 13.6 Å². The van der Waals surface area contributed by atoms with Crippen molar-refractivity contribution in [2.45, 2.75) is 45.8 Å². The van der Waals surface area contributed by atoms with E-state index in [1.165, 1.54) is 20.1 Å². The molecule has 0 radical (unpaired) electrons. The van der Waals surface area contributed by atoms with Crippen molar-refractivity contribution in [3.05, 3.63) is 18.2 Å². The summed E-state index contributed by atoms with van der Waals surface area (Å²) in [5.41, 5.74) is 0.139. The van der Waals surface area contributed by atoms with Crippen LogP contribution in [0.2, 0.25) is 0 Å². The van der Waals surface area contributed by atoms with Gasteiger partial charge in [-0.2, -0.15) is 0 Å². The molecule has 0 aliphatic rings. The first-order valence-electron chi connectivity index (χ1n) is 6.85. The van der Waals surface area contributed by atoms with Crippen molar-refractivity contribution in [2.24, 2.45) is 0 Å². The van der Waals surface area contributed by atoms with Crippen LogP contribution in [0.3, 0.4) is 0 Å². The minimum absolute atomic E-state index is 0.336. The van der Waals surface area contributed by atoms with Gasteiger partial charge in [-0.25, -0.2) is 13.6 Å². The lowest BCUT2D eigenvalue weighted by molar-refractivity contribution is 0.0635. The summed E-state index contributed by atoms with van der Waals surface area (Å²) in [5, 5.41) is 5.20. The topological polar surface area (TPSA) is 59.6 Å². The normalized spacial score (nSPS) is 12.7. The number of benzene rings is 1. The summed E-state index contributed by atoms with van der Waals surface area (Å²) in [6, 6.07) is 3.68. The molecular formula is C15H22F2N2O3. The Balaban J connectivity index is 2.89. The van der Waals surface area contributed by atoms with Crippen LogP contribution in [-0.2, 0) is 4.74 Å². The third-order valence-corrected chi connectivity index (χ3v) is 2.61. The molecule has 0 aliphatic carbocycles. The lowest BCUT2D eigenvalue weighted by Gasteiger charge is -2.21. The minimum atomic E-state index is -2.50. The second-order valence-corrected chi connectivity index (χ2v) is 5.81. The Bertz CT molecular complexity index is 516. The highest BCUT2D eigenvalue weighted by molar-refractivity contribution is 5.88. The molecule has 0 spiro atoms. The van der Waals surface area contributed by atoms with Crippen LogP contribution in [0.5, 0.6) is 5.75 Å². The number of hydrogen-bond donors (Lipinski definition) is 2. The molecular weight excluding hydrogens is 294 g/mol. The fourth-order valence-corrected chi connectivity index (χ4v) is 1.63. The number of methoxy groups -OCH3 is 1. The summed E-state index contributed by atoms with van der Waals surface area (Å²) in [6.45, 7) is 6.60. The molecule has 1 aromatic carbocycles. The summed E-state index contributed by atoms with van der Waals surface area (Å²) in [4.78, 5) is 11.8. The Hall–Kier alpha value is -2.05. The largest absolute Gasteiger partial charge is 0.495 e. The molecule has 0 heterocycles. The van der Waals surface area contributed by atoms with E-state index in [2.05, 4.69) is 10.6 Å². The Morgan fingerprint density at radius 3 is 2.41 bits per heavy atom. The lowest BCUT2D eigenvalue weighted by Crippen LogP contribution is -2.27. The number of anilines is 2. The molecule has 0 fully saturated rings. The molecule has 1 amide bonds. The highest BCUT2D eigenvalue weighted by Gasteiger charge is 2.19. The zero-order valence-electron chi connectivity index (χ0n) is 13.4. The maximum Gasteiger partial charge on any atom is 0.412 e. The third-order valence-electron chi connectivity index (χ3n) is 2.61. The van der Waals surface area contributed by atoms with Crippen LogP contribution in [0.4, 0.5) is 25.0 Å². The number of rotatable bonds is 5. The molecule has 1 aromatic rings. The minimum Gasteiger partial charge on any atom is -0.495 e. The predicted molar refractivity (Wildman–Crippen MR) is 81.9 cm³/mol. The van der Waals surface area contributed by atoms with Crippen LogP contribution in [0.1, 0.15) is 27.7 Å². The van der Waals surface area contributed by atoms with Crippen molar-refractivity contribution in [3.8, 4) is 5.75 Å². The number of carbonyl (C=O) groups excluding carboxylic acids is 1. The average molecular weight is 316 g/mol. The van der Waals surface area contributed by atoms with E-state index in [0.717, 1.165) is 0 Å². The highest BCUT2D eigenvalue weighted by Crippen LogP contribution is 2.29. The molecule has 0 aliphatic heterocycles. The molecule has 1 atom stereocenters. The highest BCUT2D eigenvalue weighted by atomic mass is 19.3. The molecule has 1 rings (SSSR count). The first-order chi connectivity index (χ1) is 10.1. The number of carbonyl (C=O) groups is 1. The number of amides is 1. The van der Waals surface area contributed by atoms with Crippen molar-refractivity contribution in [3.63, 3.8) is 0 Å². The predicted octanol–water partition coefficient (Wildman–Crippen LogP) is 4.11. The SMILES string of the molecule is COc1ccc(NC(C)C(F)F)cc1NC(=O)OC(C)(C)C. The molecule has 0 bridgehead atoms. The summed E-state index contributed by atoms with van der Waals surface area (Å²) in [7, 11) is 1.45. The van der Waals surface area contributed by atoms with Crippen molar-refractivity contribution in [1.82, 2.24) is 0 Å². The zero-order valence-corrected chi connectivity index (χ0v) is 13.4. The molecule has 22 heavy (non-hydrogen) atoms. The van der Waals surface area contributed by atoms with Crippen molar-refractivity contribution < 1.29 is 23.0 Å². The van der Waals surface area contributed by atoms with Crippen LogP contribution in [-0.4, -0.2) is 31.3 Å². The van der Waals surface area contributed by atoms with Gasteiger partial charge in [-0.05, 0) is 45.9 Å². The second-order valence-electron chi connectivity index (χ2n) is 5.81. The van der Waals surface area contributed by atoms with E-state index in [1.54, 1.807) is 32.9 Å². The molecule has 0 saturated heterocycles. The molecule has 1 unspecified atom stereocenters. The van der Waals surface area contributed by atoms with Gasteiger partial charge in [-0.15, -0.1) is 0 Å². The summed E-state index contributed by atoms with van der Waals surface area (Å²) in [6.07, 6.45) is -3.14. The number of ether oxygens (including phenoxy) is 2. The van der Waals surface area contributed by atoms with Gasteiger partial charge < -0.3 is 14.8 Å². The number of hydrogen-bond acceptors (Lipinski definition) is 4.